The molecule has 1 N–H and O–H groups in total. The molecule has 0 unspecified atom stereocenters. The largest absolute Gasteiger partial charge is 0.463 e. The van der Waals surface area contributed by atoms with Crippen molar-refractivity contribution in [3.63, 3.8) is 0 Å². The van der Waals surface area contributed by atoms with E-state index in [4.69, 9.17) is 14.2 Å². The fourth-order valence-electron chi connectivity index (χ4n) is 3.95. The molecule has 1 heterocycles. The van der Waals surface area contributed by atoms with E-state index in [-0.39, 0.29) is 19.2 Å². The van der Waals surface area contributed by atoms with Crippen LogP contribution in [0.2, 0.25) is 0 Å². The van der Waals surface area contributed by atoms with E-state index >= 15 is 0 Å². The molecule has 0 aliphatic carbocycles. The van der Waals surface area contributed by atoms with Crippen LogP contribution in [-0.2, 0) is 28.6 Å². The second kappa shape index (κ2) is 12.8. The molecule has 184 valence electrons. The van der Waals surface area contributed by atoms with Crippen LogP contribution in [0.4, 0.5) is 0 Å². The highest BCUT2D eigenvalue weighted by molar-refractivity contribution is 6.00. The zero-order valence-corrected chi connectivity index (χ0v) is 20.9. The number of carbonyl (C=O) groups is 3. The molecule has 0 atom stereocenters. The molecule has 7 heteroatoms. The second-order valence-corrected chi connectivity index (χ2v) is 7.86. The van der Waals surface area contributed by atoms with Crippen molar-refractivity contribution in [3.8, 4) is 0 Å². The lowest BCUT2D eigenvalue weighted by Gasteiger charge is -2.31. The topological polar surface area (TPSA) is 90.9 Å². The summed E-state index contributed by atoms with van der Waals surface area (Å²) in [6, 6.07) is 7.40. The first-order valence-electron chi connectivity index (χ1n) is 11.8. The summed E-state index contributed by atoms with van der Waals surface area (Å²) in [5, 5.41) is 3.14. The van der Waals surface area contributed by atoms with Crippen LogP contribution < -0.4 is 5.32 Å². The van der Waals surface area contributed by atoms with Crippen molar-refractivity contribution < 1.29 is 28.6 Å². The van der Waals surface area contributed by atoms with Gasteiger partial charge in [-0.25, -0.2) is 14.4 Å². The molecule has 0 saturated carbocycles. The molecule has 0 bridgehead atoms. The Balaban J connectivity index is 2.73. The Hall–Kier alpha value is -3.35. The minimum absolute atomic E-state index is 0.199. The molecule has 7 nitrogen and oxygen atoms in total. The summed E-state index contributed by atoms with van der Waals surface area (Å²) in [7, 11) is 0. The maximum absolute atomic E-state index is 13.1. The van der Waals surface area contributed by atoms with Crippen molar-refractivity contribution in [1.29, 1.82) is 0 Å². The quantitative estimate of drug-likeness (QED) is 0.299. The van der Waals surface area contributed by atoms with Crippen LogP contribution in [0.25, 0.3) is 6.08 Å². The average molecular weight is 470 g/mol. The van der Waals surface area contributed by atoms with Gasteiger partial charge in [0.15, 0.2) is 0 Å². The van der Waals surface area contributed by atoms with Gasteiger partial charge in [0, 0.05) is 17.0 Å². The lowest BCUT2D eigenvalue weighted by Crippen LogP contribution is -2.32. The van der Waals surface area contributed by atoms with Crippen molar-refractivity contribution in [2.45, 2.75) is 60.3 Å². The van der Waals surface area contributed by atoms with Gasteiger partial charge in [0.05, 0.1) is 36.9 Å². The predicted octanol–water partition coefficient (Wildman–Crippen LogP) is 4.79. The van der Waals surface area contributed by atoms with Crippen LogP contribution >= 0.6 is 0 Å². The van der Waals surface area contributed by atoms with Gasteiger partial charge >= 0.3 is 17.9 Å². The van der Waals surface area contributed by atoms with Crippen molar-refractivity contribution in [1.82, 2.24) is 5.32 Å². The fourth-order valence-corrected chi connectivity index (χ4v) is 3.95. The molecule has 0 radical (unpaired) electrons. The summed E-state index contributed by atoms with van der Waals surface area (Å²) in [6.07, 6.45) is 2.97. The van der Waals surface area contributed by atoms with Crippen LogP contribution in [0.3, 0.4) is 0 Å². The molecule has 0 spiro atoms. The standard InChI is InChI=1S/C27H35NO6/c1-7-15-34-25(29)19(8-2)16-20-13-11-12-14-21(20)24-22(26(30)32-9-3)17(5)28-18(6)23(24)27(31)33-10-4/h11-14,16,24,28H,7-10,15H2,1-6H3/b19-16+. The number of nitrogens with one attached hydrogen (secondary N) is 1. The summed E-state index contributed by atoms with van der Waals surface area (Å²) in [5.74, 6) is -2.12. The van der Waals surface area contributed by atoms with Crippen molar-refractivity contribution in [3.05, 3.63) is 63.5 Å². The Kier molecular flexibility index (Phi) is 10.1. The third kappa shape index (κ3) is 6.16. The maximum Gasteiger partial charge on any atom is 0.336 e. The van der Waals surface area contributed by atoms with Gasteiger partial charge < -0.3 is 19.5 Å². The maximum atomic E-state index is 13.1. The Morgan fingerprint density at radius 3 is 1.94 bits per heavy atom. The monoisotopic (exact) mass is 469 g/mol. The van der Waals surface area contributed by atoms with Gasteiger partial charge in [0.2, 0.25) is 0 Å². The van der Waals surface area contributed by atoms with Gasteiger partial charge in [-0.3, -0.25) is 0 Å². The molecule has 1 aromatic rings. The van der Waals surface area contributed by atoms with E-state index in [9.17, 15) is 14.4 Å². The third-order valence-corrected chi connectivity index (χ3v) is 5.47. The lowest BCUT2D eigenvalue weighted by atomic mass is 9.78. The van der Waals surface area contributed by atoms with Gasteiger partial charge in [-0.05, 0) is 57.7 Å². The fraction of sp³-hybridized carbons (Fsp3) is 0.444. The SMILES string of the molecule is CCCOC(=O)/C(=C/c1ccccc1C1C(C(=O)OCC)=C(C)NC(C)=C1C(=O)OCC)CC. The molecule has 1 aromatic carbocycles. The second-order valence-electron chi connectivity index (χ2n) is 7.86. The minimum Gasteiger partial charge on any atom is -0.463 e. The summed E-state index contributed by atoms with van der Waals surface area (Å²) in [5.41, 5.74) is 3.79. The van der Waals surface area contributed by atoms with Crippen LogP contribution in [0.15, 0.2) is 52.4 Å². The Morgan fingerprint density at radius 1 is 0.882 bits per heavy atom. The molecule has 1 aliphatic heterocycles. The van der Waals surface area contributed by atoms with E-state index < -0.39 is 17.9 Å². The summed E-state index contributed by atoms with van der Waals surface area (Å²) in [6.45, 7) is 11.6. The van der Waals surface area contributed by atoms with Gasteiger partial charge in [-0.15, -0.1) is 0 Å². The summed E-state index contributed by atoms with van der Waals surface area (Å²) >= 11 is 0. The first-order chi connectivity index (χ1) is 16.3. The number of benzene rings is 1. The number of carbonyl (C=O) groups excluding carboxylic acids is 3. The highest BCUT2D eigenvalue weighted by Crippen LogP contribution is 2.41. The van der Waals surface area contributed by atoms with Crippen LogP contribution in [0.1, 0.15) is 71.4 Å². The first kappa shape index (κ1) is 26.9. The number of allylic oxidation sites excluding steroid dienone is 2. The Labute approximate surface area is 201 Å². The van der Waals surface area contributed by atoms with E-state index in [0.717, 1.165) is 6.42 Å². The van der Waals surface area contributed by atoms with E-state index in [1.807, 2.05) is 38.1 Å². The van der Waals surface area contributed by atoms with Crippen molar-refractivity contribution >= 4 is 24.0 Å². The van der Waals surface area contributed by atoms with Crippen LogP contribution in [0, 0.1) is 0 Å². The third-order valence-electron chi connectivity index (χ3n) is 5.47. The first-order valence-corrected chi connectivity index (χ1v) is 11.8. The number of hydrogen-bond donors (Lipinski definition) is 1. The Bertz CT molecular complexity index is 978. The zero-order chi connectivity index (χ0) is 25.3. The molecule has 2 rings (SSSR count). The van der Waals surface area contributed by atoms with Crippen LogP contribution in [-0.4, -0.2) is 37.7 Å². The van der Waals surface area contributed by atoms with Gasteiger partial charge in [-0.1, -0.05) is 38.1 Å². The molecule has 0 aromatic heterocycles. The zero-order valence-electron chi connectivity index (χ0n) is 20.9. The molecular weight excluding hydrogens is 434 g/mol. The smallest absolute Gasteiger partial charge is 0.336 e. The summed E-state index contributed by atoms with van der Waals surface area (Å²) in [4.78, 5) is 38.7. The molecular formula is C27H35NO6. The lowest BCUT2D eigenvalue weighted by molar-refractivity contribution is -0.140. The number of esters is 3. The van der Waals surface area contributed by atoms with E-state index in [1.165, 1.54) is 0 Å². The van der Waals surface area contributed by atoms with E-state index in [1.54, 1.807) is 33.8 Å². The number of hydrogen-bond acceptors (Lipinski definition) is 7. The van der Waals surface area contributed by atoms with Gasteiger partial charge in [-0.2, -0.15) is 0 Å². The van der Waals surface area contributed by atoms with E-state index in [2.05, 4.69) is 5.32 Å². The Morgan fingerprint density at radius 2 is 1.44 bits per heavy atom. The molecule has 0 amide bonds. The normalized spacial score (nSPS) is 14.6. The highest BCUT2D eigenvalue weighted by Gasteiger charge is 2.38. The predicted molar refractivity (Wildman–Crippen MR) is 131 cm³/mol. The van der Waals surface area contributed by atoms with Crippen molar-refractivity contribution in [2.75, 3.05) is 19.8 Å². The molecule has 0 saturated heterocycles. The minimum atomic E-state index is -0.725. The average Bonchev–Trinajstić information content (AvgIpc) is 2.80. The molecule has 1 aliphatic rings. The van der Waals surface area contributed by atoms with Gasteiger partial charge in [0.1, 0.15) is 0 Å². The number of dihydropyridines is 1. The molecule has 0 fully saturated rings. The summed E-state index contributed by atoms with van der Waals surface area (Å²) < 4.78 is 16.0. The molecule has 34 heavy (non-hydrogen) atoms. The van der Waals surface area contributed by atoms with E-state index in [0.29, 0.717) is 52.3 Å². The highest BCUT2D eigenvalue weighted by atomic mass is 16.5. The number of ether oxygens (including phenoxy) is 3. The number of rotatable bonds is 10. The van der Waals surface area contributed by atoms with Crippen molar-refractivity contribution in [2.24, 2.45) is 0 Å². The van der Waals surface area contributed by atoms with Gasteiger partial charge in [0.25, 0.3) is 0 Å². The van der Waals surface area contributed by atoms with Crippen LogP contribution in [0.5, 0.6) is 0 Å².